The zero-order chi connectivity index (χ0) is 13.9. The quantitative estimate of drug-likeness (QED) is 0.881. The molecule has 108 valence electrons. The van der Waals surface area contributed by atoms with Crippen LogP contribution >= 0.6 is 22.9 Å². The molecule has 0 atom stereocenters. The van der Waals surface area contributed by atoms with Crippen molar-refractivity contribution in [1.82, 2.24) is 9.21 Å². The van der Waals surface area contributed by atoms with Gasteiger partial charge in [0.15, 0.2) is 0 Å². The van der Waals surface area contributed by atoms with Crippen molar-refractivity contribution in [2.75, 3.05) is 39.3 Å². The second-order valence-electron chi connectivity index (χ2n) is 4.38. The molecule has 0 radical (unpaired) electrons. The standard InChI is InChI=1S/C11H17ClN2O3S2/c12-10-2-3-11(18-10)19(16,17)14-7-5-13(6-8-14)4-1-9-15/h2-3,15H,1,4-9H2. The Labute approximate surface area is 122 Å². The van der Waals surface area contributed by atoms with Crippen molar-refractivity contribution in [2.45, 2.75) is 10.6 Å². The van der Waals surface area contributed by atoms with Crippen LogP contribution in [0.25, 0.3) is 0 Å². The Morgan fingerprint density at radius 1 is 1.26 bits per heavy atom. The number of aliphatic hydroxyl groups is 1. The smallest absolute Gasteiger partial charge is 0.252 e. The summed E-state index contributed by atoms with van der Waals surface area (Å²) < 4.78 is 27.0. The predicted molar refractivity (Wildman–Crippen MR) is 76.2 cm³/mol. The highest BCUT2D eigenvalue weighted by Gasteiger charge is 2.29. The number of halogens is 1. The summed E-state index contributed by atoms with van der Waals surface area (Å²) >= 11 is 6.88. The van der Waals surface area contributed by atoms with Crippen LogP contribution in [-0.4, -0.2) is 62.1 Å². The van der Waals surface area contributed by atoms with Crippen LogP contribution in [0.5, 0.6) is 0 Å². The Morgan fingerprint density at radius 2 is 1.95 bits per heavy atom. The van der Waals surface area contributed by atoms with Gasteiger partial charge in [0.2, 0.25) is 0 Å². The van der Waals surface area contributed by atoms with Crippen LogP contribution in [0.15, 0.2) is 16.3 Å². The van der Waals surface area contributed by atoms with Crippen molar-refractivity contribution >= 4 is 33.0 Å². The fraction of sp³-hybridized carbons (Fsp3) is 0.636. The van der Waals surface area contributed by atoms with Crippen LogP contribution in [0.3, 0.4) is 0 Å². The Kier molecular flexibility index (Phi) is 5.22. The minimum atomic E-state index is -3.39. The molecule has 19 heavy (non-hydrogen) atoms. The largest absolute Gasteiger partial charge is 0.396 e. The molecule has 2 rings (SSSR count). The van der Waals surface area contributed by atoms with E-state index in [0.717, 1.165) is 24.3 Å². The molecular formula is C11H17ClN2O3S2. The van der Waals surface area contributed by atoms with Crippen LogP contribution < -0.4 is 0 Å². The highest BCUT2D eigenvalue weighted by Crippen LogP contribution is 2.28. The zero-order valence-electron chi connectivity index (χ0n) is 10.5. The van der Waals surface area contributed by atoms with Crippen molar-refractivity contribution in [3.63, 3.8) is 0 Å². The summed E-state index contributed by atoms with van der Waals surface area (Å²) in [4.78, 5) is 2.17. The van der Waals surface area contributed by atoms with Gasteiger partial charge in [-0.15, -0.1) is 11.3 Å². The van der Waals surface area contributed by atoms with Crippen molar-refractivity contribution in [1.29, 1.82) is 0 Å². The lowest BCUT2D eigenvalue weighted by Crippen LogP contribution is -2.48. The molecule has 2 heterocycles. The van der Waals surface area contributed by atoms with E-state index in [9.17, 15) is 8.42 Å². The molecule has 0 aliphatic carbocycles. The van der Waals surface area contributed by atoms with Gasteiger partial charge in [0.05, 0.1) is 4.34 Å². The summed E-state index contributed by atoms with van der Waals surface area (Å²) in [6.45, 7) is 3.38. The third-order valence-electron chi connectivity index (χ3n) is 3.11. The lowest BCUT2D eigenvalue weighted by Gasteiger charge is -2.33. The van der Waals surface area contributed by atoms with Crippen LogP contribution in [0.1, 0.15) is 6.42 Å². The van der Waals surface area contributed by atoms with Gasteiger partial charge >= 0.3 is 0 Å². The molecule has 5 nitrogen and oxygen atoms in total. The van der Waals surface area contributed by atoms with Gasteiger partial charge in [-0.1, -0.05) is 11.6 Å². The molecule has 1 aromatic rings. The highest BCUT2D eigenvalue weighted by atomic mass is 35.5. The zero-order valence-corrected chi connectivity index (χ0v) is 12.8. The van der Waals surface area contributed by atoms with Crippen molar-refractivity contribution in [3.05, 3.63) is 16.5 Å². The summed E-state index contributed by atoms with van der Waals surface area (Å²) in [6.07, 6.45) is 0.729. The summed E-state index contributed by atoms with van der Waals surface area (Å²) in [5, 5.41) is 8.79. The Hall–Kier alpha value is -0.180. The second kappa shape index (κ2) is 6.51. The number of thiophene rings is 1. The molecule has 0 bridgehead atoms. The van der Waals surface area contributed by atoms with E-state index in [1.807, 2.05) is 0 Å². The SMILES string of the molecule is O=S(=O)(c1ccc(Cl)s1)N1CCN(CCCO)CC1. The van der Waals surface area contributed by atoms with Crippen LogP contribution in [-0.2, 0) is 10.0 Å². The number of rotatable bonds is 5. The molecule has 1 saturated heterocycles. The highest BCUT2D eigenvalue weighted by molar-refractivity contribution is 7.91. The molecule has 0 aromatic carbocycles. The molecule has 1 aliphatic heterocycles. The van der Waals surface area contributed by atoms with E-state index in [-0.39, 0.29) is 6.61 Å². The van der Waals surface area contributed by atoms with E-state index in [0.29, 0.717) is 34.7 Å². The van der Waals surface area contributed by atoms with E-state index in [1.54, 1.807) is 12.1 Å². The summed E-state index contributed by atoms with van der Waals surface area (Å²) in [5.41, 5.74) is 0. The molecule has 8 heteroatoms. The molecule has 1 aliphatic rings. The number of nitrogens with zero attached hydrogens (tertiary/aromatic N) is 2. The summed E-state index contributed by atoms with van der Waals surface area (Å²) in [5.74, 6) is 0. The number of aliphatic hydroxyl groups excluding tert-OH is 1. The van der Waals surface area contributed by atoms with Crippen LogP contribution in [0.4, 0.5) is 0 Å². The lowest BCUT2D eigenvalue weighted by atomic mass is 10.3. The van der Waals surface area contributed by atoms with Gasteiger partial charge in [0, 0.05) is 39.3 Å². The molecule has 1 aromatic heterocycles. The van der Waals surface area contributed by atoms with Crippen molar-refractivity contribution in [3.8, 4) is 0 Å². The fourth-order valence-corrected chi connectivity index (χ4v) is 5.11. The monoisotopic (exact) mass is 324 g/mol. The third kappa shape index (κ3) is 3.68. The van der Waals surface area contributed by atoms with E-state index in [4.69, 9.17) is 16.7 Å². The Bertz CT molecular complexity index is 510. The van der Waals surface area contributed by atoms with E-state index in [1.165, 1.54) is 4.31 Å². The number of sulfonamides is 1. The number of piperazine rings is 1. The van der Waals surface area contributed by atoms with Gasteiger partial charge in [-0.25, -0.2) is 8.42 Å². The fourth-order valence-electron chi connectivity index (χ4n) is 2.05. The summed E-state index contributed by atoms with van der Waals surface area (Å²) in [6, 6.07) is 3.16. The average Bonchev–Trinajstić information content (AvgIpc) is 2.84. The van der Waals surface area contributed by atoms with Gasteiger partial charge in [-0.2, -0.15) is 4.31 Å². The van der Waals surface area contributed by atoms with Crippen LogP contribution in [0, 0.1) is 0 Å². The van der Waals surface area contributed by atoms with Gasteiger partial charge in [0.1, 0.15) is 4.21 Å². The molecule has 0 unspecified atom stereocenters. The lowest BCUT2D eigenvalue weighted by molar-refractivity contribution is 0.171. The van der Waals surface area contributed by atoms with Gasteiger partial charge < -0.3 is 10.0 Å². The molecule has 0 saturated carbocycles. The minimum absolute atomic E-state index is 0.173. The van der Waals surface area contributed by atoms with E-state index in [2.05, 4.69) is 4.90 Å². The Balaban J connectivity index is 1.97. The van der Waals surface area contributed by atoms with Crippen molar-refractivity contribution in [2.24, 2.45) is 0 Å². The first kappa shape index (κ1) is 15.2. The molecule has 1 fully saturated rings. The van der Waals surface area contributed by atoms with Crippen molar-refractivity contribution < 1.29 is 13.5 Å². The Morgan fingerprint density at radius 3 is 2.47 bits per heavy atom. The van der Waals surface area contributed by atoms with E-state index >= 15 is 0 Å². The number of hydrogen-bond acceptors (Lipinski definition) is 5. The maximum absolute atomic E-state index is 12.3. The normalized spacial score (nSPS) is 18.8. The topological polar surface area (TPSA) is 60.9 Å². The van der Waals surface area contributed by atoms with Gasteiger partial charge in [-0.05, 0) is 18.6 Å². The predicted octanol–water partition coefficient (Wildman–Crippen LogP) is 1.09. The minimum Gasteiger partial charge on any atom is -0.396 e. The molecular weight excluding hydrogens is 308 g/mol. The third-order valence-corrected chi connectivity index (χ3v) is 6.70. The maximum Gasteiger partial charge on any atom is 0.252 e. The van der Waals surface area contributed by atoms with Gasteiger partial charge in [-0.3, -0.25) is 0 Å². The number of hydrogen-bond donors (Lipinski definition) is 1. The first-order valence-corrected chi connectivity index (χ1v) is 8.76. The van der Waals surface area contributed by atoms with Gasteiger partial charge in [0.25, 0.3) is 10.0 Å². The van der Waals surface area contributed by atoms with E-state index < -0.39 is 10.0 Å². The first-order valence-electron chi connectivity index (χ1n) is 6.13. The molecule has 0 spiro atoms. The second-order valence-corrected chi connectivity index (χ2v) is 8.26. The molecule has 1 N–H and O–H groups in total. The average molecular weight is 325 g/mol. The van der Waals surface area contributed by atoms with Crippen LogP contribution in [0.2, 0.25) is 4.34 Å². The first-order chi connectivity index (χ1) is 9.04. The maximum atomic E-state index is 12.3. The molecule has 0 amide bonds. The summed E-state index contributed by atoms with van der Waals surface area (Å²) in [7, 11) is -3.39.